The van der Waals surface area contributed by atoms with Crippen molar-refractivity contribution in [2.24, 2.45) is 0 Å². The average molecular weight is 354 g/mol. The summed E-state index contributed by atoms with van der Waals surface area (Å²) < 4.78 is 11.2. The average Bonchev–Trinajstić information content (AvgIpc) is 3.11. The minimum absolute atomic E-state index is 0.0435. The van der Waals surface area contributed by atoms with Gasteiger partial charge in [0.2, 0.25) is 5.60 Å². The Kier molecular flexibility index (Phi) is 4.96. The highest BCUT2D eigenvalue weighted by Gasteiger charge is 2.45. The fourth-order valence-electron chi connectivity index (χ4n) is 3.15. The van der Waals surface area contributed by atoms with Gasteiger partial charge in [0.1, 0.15) is 11.9 Å². The van der Waals surface area contributed by atoms with Gasteiger partial charge in [-0.15, -0.1) is 0 Å². The summed E-state index contributed by atoms with van der Waals surface area (Å²) in [6.07, 6.45) is 1.73. The number of carboxylic acids is 1. The van der Waals surface area contributed by atoms with Gasteiger partial charge in [-0.3, -0.25) is 4.79 Å². The van der Waals surface area contributed by atoms with Crippen LogP contribution in [0.15, 0.2) is 24.3 Å². The molecule has 0 spiro atoms. The van der Waals surface area contributed by atoms with E-state index >= 15 is 0 Å². The van der Waals surface area contributed by atoms with Gasteiger partial charge in [-0.05, 0) is 37.1 Å². The molecule has 2 aliphatic rings. The van der Waals surface area contributed by atoms with Crippen LogP contribution in [-0.2, 0) is 14.3 Å². The highest BCUT2D eigenvalue weighted by atomic mass is 35.5. The van der Waals surface area contributed by atoms with Crippen LogP contribution in [0.2, 0.25) is 5.02 Å². The first kappa shape index (κ1) is 17.0. The summed E-state index contributed by atoms with van der Waals surface area (Å²) in [4.78, 5) is 25.9. The lowest BCUT2D eigenvalue weighted by Crippen LogP contribution is -2.55. The molecule has 2 aliphatic heterocycles. The standard InChI is InChI=1S/C17H20ClNO5/c18-12-3-5-13(6-4-12)24-17(16(21)22)7-9-19(10-8-17)15(20)14-2-1-11-23-14/h3-6,14H,1-2,7-11H2,(H,21,22)/t14-/m0/s1. The number of nitrogens with zero attached hydrogens (tertiary/aromatic N) is 1. The Hall–Kier alpha value is -1.79. The molecule has 1 amide bonds. The van der Waals surface area contributed by atoms with Crippen molar-refractivity contribution in [3.05, 3.63) is 29.3 Å². The van der Waals surface area contributed by atoms with Crippen LogP contribution in [0.4, 0.5) is 0 Å². The number of ether oxygens (including phenoxy) is 2. The molecule has 1 aromatic carbocycles. The zero-order valence-corrected chi connectivity index (χ0v) is 14.0. The highest BCUT2D eigenvalue weighted by Crippen LogP contribution is 2.31. The molecule has 2 heterocycles. The predicted molar refractivity (Wildman–Crippen MR) is 87.2 cm³/mol. The zero-order chi connectivity index (χ0) is 17.2. The summed E-state index contributed by atoms with van der Waals surface area (Å²) >= 11 is 5.84. The van der Waals surface area contributed by atoms with Crippen molar-refractivity contribution in [2.45, 2.75) is 37.4 Å². The molecule has 1 aromatic rings. The molecule has 0 aromatic heterocycles. The van der Waals surface area contributed by atoms with Gasteiger partial charge in [0.25, 0.3) is 5.91 Å². The van der Waals surface area contributed by atoms with E-state index < -0.39 is 11.6 Å². The van der Waals surface area contributed by atoms with Crippen molar-refractivity contribution >= 4 is 23.5 Å². The van der Waals surface area contributed by atoms with Crippen LogP contribution in [0, 0.1) is 0 Å². The first-order valence-corrected chi connectivity index (χ1v) is 8.46. The Bertz CT molecular complexity index is 604. The maximum Gasteiger partial charge on any atom is 0.348 e. The lowest BCUT2D eigenvalue weighted by Gasteiger charge is -2.39. The molecule has 24 heavy (non-hydrogen) atoms. The van der Waals surface area contributed by atoms with E-state index in [0.717, 1.165) is 12.8 Å². The number of benzene rings is 1. The van der Waals surface area contributed by atoms with Crippen LogP contribution >= 0.6 is 11.6 Å². The van der Waals surface area contributed by atoms with Crippen LogP contribution in [-0.4, -0.2) is 53.3 Å². The first-order chi connectivity index (χ1) is 11.5. The van der Waals surface area contributed by atoms with E-state index in [1.807, 2.05) is 0 Å². The van der Waals surface area contributed by atoms with E-state index in [1.165, 1.54) is 0 Å². The molecule has 7 heteroatoms. The fourth-order valence-corrected chi connectivity index (χ4v) is 3.28. The largest absolute Gasteiger partial charge is 0.478 e. The molecule has 130 valence electrons. The van der Waals surface area contributed by atoms with E-state index in [9.17, 15) is 14.7 Å². The summed E-state index contributed by atoms with van der Waals surface area (Å²) in [5.74, 6) is -0.597. The summed E-state index contributed by atoms with van der Waals surface area (Å²) in [6.45, 7) is 1.31. The minimum atomic E-state index is -1.32. The highest BCUT2D eigenvalue weighted by molar-refractivity contribution is 6.30. The molecule has 0 unspecified atom stereocenters. The number of likely N-dealkylation sites (tertiary alicyclic amines) is 1. The molecule has 0 saturated carbocycles. The Morgan fingerprint density at radius 2 is 1.92 bits per heavy atom. The predicted octanol–water partition coefficient (Wildman–Crippen LogP) is 2.34. The number of carbonyl (C=O) groups is 2. The molecule has 3 rings (SSSR count). The van der Waals surface area contributed by atoms with Crippen molar-refractivity contribution in [3.8, 4) is 5.75 Å². The third kappa shape index (κ3) is 3.49. The zero-order valence-electron chi connectivity index (χ0n) is 13.2. The third-order valence-electron chi connectivity index (χ3n) is 4.60. The molecule has 0 bridgehead atoms. The maximum absolute atomic E-state index is 12.4. The summed E-state index contributed by atoms with van der Waals surface area (Å²) in [7, 11) is 0. The summed E-state index contributed by atoms with van der Waals surface area (Å²) in [6, 6.07) is 6.61. The first-order valence-electron chi connectivity index (χ1n) is 8.08. The van der Waals surface area contributed by atoms with Crippen LogP contribution in [0.25, 0.3) is 0 Å². The Morgan fingerprint density at radius 3 is 2.46 bits per heavy atom. The van der Waals surface area contributed by atoms with E-state index in [-0.39, 0.29) is 24.9 Å². The molecular formula is C17H20ClNO5. The number of rotatable bonds is 4. The van der Waals surface area contributed by atoms with Gasteiger partial charge in [0.05, 0.1) is 0 Å². The number of carbonyl (C=O) groups excluding carboxylic acids is 1. The molecule has 6 nitrogen and oxygen atoms in total. The number of hydrogen-bond acceptors (Lipinski definition) is 4. The SMILES string of the molecule is O=C([C@@H]1CCCO1)N1CCC(Oc2ccc(Cl)cc2)(C(=O)O)CC1. The lowest BCUT2D eigenvalue weighted by atomic mass is 9.90. The smallest absolute Gasteiger partial charge is 0.348 e. The van der Waals surface area contributed by atoms with Crippen LogP contribution < -0.4 is 4.74 Å². The lowest BCUT2D eigenvalue weighted by molar-refractivity contribution is -0.163. The number of amides is 1. The van der Waals surface area contributed by atoms with E-state index in [1.54, 1.807) is 29.2 Å². The van der Waals surface area contributed by atoms with E-state index in [2.05, 4.69) is 0 Å². The minimum Gasteiger partial charge on any atom is -0.478 e. The maximum atomic E-state index is 12.4. The van der Waals surface area contributed by atoms with Gasteiger partial charge in [0, 0.05) is 37.6 Å². The van der Waals surface area contributed by atoms with Crippen LogP contribution in [0.1, 0.15) is 25.7 Å². The second-order valence-corrected chi connectivity index (χ2v) is 6.62. The monoisotopic (exact) mass is 353 g/mol. The van der Waals surface area contributed by atoms with Gasteiger partial charge in [-0.25, -0.2) is 4.79 Å². The molecule has 0 aliphatic carbocycles. The quantitative estimate of drug-likeness (QED) is 0.899. The second-order valence-electron chi connectivity index (χ2n) is 6.18. The van der Waals surface area contributed by atoms with Crippen molar-refractivity contribution in [1.82, 2.24) is 4.90 Å². The van der Waals surface area contributed by atoms with Crippen LogP contribution in [0.3, 0.4) is 0 Å². The molecule has 2 saturated heterocycles. The number of aliphatic carboxylic acids is 1. The topological polar surface area (TPSA) is 76.1 Å². The summed E-state index contributed by atoms with van der Waals surface area (Å²) in [5, 5.41) is 10.2. The van der Waals surface area contributed by atoms with E-state index in [4.69, 9.17) is 21.1 Å². The van der Waals surface area contributed by atoms with E-state index in [0.29, 0.717) is 30.5 Å². The van der Waals surface area contributed by atoms with Gasteiger partial charge < -0.3 is 19.5 Å². The molecule has 2 fully saturated rings. The van der Waals surface area contributed by atoms with Crippen LogP contribution in [0.5, 0.6) is 5.75 Å². The van der Waals surface area contributed by atoms with Gasteiger partial charge in [0.15, 0.2) is 0 Å². The third-order valence-corrected chi connectivity index (χ3v) is 4.86. The van der Waals surface area contributed by atoms with Crippen molar-refractivity contribution in [3.63, 3.8) is 0 Å². The number of piperidine rings is 1. The molecule has 1 atom stereocenters. The van der Waals surface area contributed by atoms with Gasteiger partial charge in [-0.2, -0.15) is 0 Å². The van der Waals surface area contributed by atoms with Crippen molar-refractivity contribution in [1.29, 1.82) is 0 Å². The molecule has 1 N–H and O–H groups in total. The Labute approximate surface area is 145 Å². The number of halogens is 1. The van der Waals surface area contributed by atoms with Crippen molar-refractivity contribution in [2.75, 3.05) is 19.7 Å². The fraction of sp³-hybridized carbons (Fsp3) is 0.529. The number of hydrogen-bond donors (Lipinski definition) is 1. The van der Waals surface area contributed by atoms with Crippen molar-refractivity contribution < 1.29 is 24.2 Å². The van der Waals surface area contributed by atoms with Gasteiger partial charge in [-0.1, -0.05) is 11.6 Å². The second kappa shape index (κ2) is 6.99. The normalized spacial score (nSPS) is 23.0. The Morgan fingerprint density at radius 1 is 1.25 bits per heavy atom. The Balaban J connectivity index is 1.66. The number of carboxylic acid groups (broad SMARTS) is 1. The molecular weight excluding hydrogens is 334 g/mol. The van der Waals surface area contributed by atoms with Gasteiger partial charge >= 0.3 is 5.97 Å². The summed E-state index contributed by atoms with van der Waals surface area (Å²) in [5.41, 5.74) is -1.32. The molecule has 0 radical (unpaired) electrons.